The van der Waals surface area contributed by atoms with Crippen molar-refractivity contribution in [1.29, 1.82) is 0 Å². The zero-order chi connectivity index (χ0) is 13.9. The van der Waals surface area contributed by atoms with Crippen LogP contribution < -0.4 is 5.32 Å². The van der Waals surface area contributed by atoms with Crippen LogP contribution in [0.4, 0.5) is 11.4 Å². The Morgan fingerprint density at radius 1 is 1.39 bits per heavy atom. The Morgan fingerprint density at radius 3 is 2.44 bits per heavy atom. The molecular formula is C10H15N3O4S. The van der Waals surface area contributed by atoms with Crippen LogP contribution in [0.15, 0.2) is 23.1 Å². The Labute approximate surface area is 106 Å². The second kappa shape index (κ2) is 5.32. The zero-order valence-corrected chi connectivity index (χ0v) is 11.2. The summed E-state index contributed by atoms with van der Waals surface area (Å²) in [6, 6.07) is 3.97. The summed E-state index contributed by atoms with van der Waals surface area (Å²) in [5.41, 5.74) is 0.0871. The molecule has 100 valence electrons. The van der Waals surface area contributed by atoms with Crippen LogP contribution in [0.5, 0.6) is 0 Å². The number of nitrogens with one attached hydrogen (secondary N) is 1. The number of nitrogens with zero attached hydrogens (tertiary/aromatic N) is 2. The summed E-state index contributed by atoms with van der Waals surface area (Å²) in [5.74, 6) is 0. The van der Waals surface area contributed by atoms with Gasteiger partial charge in [0.15, 0.2) is 4.90 Å². The number of sulfonamides is 1. The molecule has 0 aliphatic rings. The Kier molecular flexibility index (Phi) is 4.25. The fourth-order valence-corrected chi connectivity index (χ4v) is 2.42. The average Bonchev–Trinajstić information content (AvgIpc) is 2.28. The van der Waals surface area contributed by atoms with Gasteiger partial charge in [0.05, 0.1) is 4.92 Å². The van der Waals surface area contributed by atoms with Crippen molar-refractivity contribution in [3.05, 3.63) is 28.3 Å². The number of nitro benzene ring substituents is 1. The molecule has 1 rings (SSSR count). The van der Waals surface area contributed by atoms with Crippen LogP contribution in [-0.2, 0) is 10.0 Å². The van der Waals surface area contributed by atoms with E-state index in [1.807, 2.05) is 6.92 Å². The van der Waals surface area contributed by atoms with Gasteiger partial charge in [-0.1, -0.05) is 0 Å². The van der Waals surface area contributed by atoms with Gasteiger partial charge in [0.1, 0.15) is 0 Å². The molecule has 0 aliphatic carbocycles. The van der Waals surface area contributed by atoms with Crippen molar-refractivity contribution >= 4 is 21.4 Å². The molecule has 0 radical (unpaired) electrons. The lowest BCUT2D eigenvalue weighted by atomic mass is 10.3. The fraction of sp³-hybridized carbons (Fsp3) is 0.400. The topological polar surface area (TPSA) is 92.6 Å². The van der Waals surface area contributed by atoms with Gasteiger partial charge in [-0.05, 0) is 19.1 Å². The fourth-order valence-electron chi connectivity index (χ4n) is 1.39. The number of hydrogen-bond donors (Lipinski definition) is 1. The monoisotopic (exact) mass is 273 g/mol. The van der Waals surface area contributed by atoms with Gasteiger partial charge >= 0.3 is 0 Å². The average molecular weight is 273 g/mol. The molecule has 1 aromatic carbocycles. The van der Waals surface area contributed by atoms with E-state index in [2.05, 4.69) is 5.32 Å². The number of anilines is 1. The SMILES string of the molecule is CCNc1ccc(S(=O)(=O)N(C)C)c([N+](=O)[O-])c1. The summed E-state index contributed by atoms with van der Waals surface area (Å²) in [6.07, 6.45) is 0. The highest BCUT2D eigenvalue weighted by Crippen LogP contribution is 2.28. The molecule has 18 heavy (non-hydrogen) atoms. The molecule has 0 saturated heterocycles. The molecule has 8 heteroatoms. The third-order valence-electron chi connectivity index (χ3n) is 2.30. The quantitative estimate of drug-likeness (QED) is 0.644. The molecule has 0 aliphatic heterocycles. The van der Waals surface area contributed by atoms with E-state index < -0.39 is 20.6 Å². The standard InChI is InChI=1S/C10H15N3O4S/c1-4-11-8-5-6-10(9(7-8)13(14)15)18(16,17)12(2)3/h5-7,11H,4H2,1-3H3. The third kappa shape index (κ3) is 2.77. The van der Waals surface area contributed by atoms with Crippen LogP contribution in [0.1, 0.15) is 6.92 Å². The molecule has 7 nitrogen and oxygen atoms in total. The highest BCUT2D eigenvalue weighted by Gasteiger charge is 2.27. The molecule has 1 aromatic rings. The van der Waals surface area contributed by atoms with E-state index in [0.29, 0.717) is 12.2 Å². The van der Waals surface area contributed by atoms with E-state index in [-0.39, 0.29) is 4.90 Å². The van der Waals surface area contributed by atoms with Crippen LogP contribution in [0.25, 0.3) is 0 Å². The van der Waals surface area contributed by atoms with Gasteiger partial charge in [0.2, 0.25) is 10.0 Å². The number of hydrogen-bond acceptors (Lipinski definition) is 5. The van der Waals surface area contributed by atoms with E-state index in [4.69, 9.17) is 0 Å². The molecule has 0 spiro atoms. The molecule has 0 bridgehead atoms. The highest BCUT2D eigenvalue weighted by molar-refractivity contribution is 7.89. The van der Waals surface area contributed by atoms with Crippen molar-refractivity contribution in [1.82, 2.24) is 4.31 Å². The van der Waals surface area contributed by atoms with Gasteiger partial charge in [0, 0.05) is 32.4 Å². The smallest absolute Gasteiger partial charge is 0.291 e. The third-order valence-corrected chi connectivity index (χ3v) is 4.16. The lowest BCUT2D eigenvalue weighted by Crippen LogP contribution is -2.23. The Bertz CT molecular complexity index is 554. The largest absolute Gasteiger partial charge is 0.385 e. The maximum absolute atomic E-state index is 11.9. The number of nitro groups is 1. The maximum Gasteiger partial charge on any atom is 0.291 e. The van der Waals surface area contributed by atoms with Gasteiger partial charge in [-0.25, -0.2) is 12.7 Å². The van der Waals surface area contributed by atoms with Crippen LogP contribution in [-0.4, -0.2) is 38.3 Å². The zero-order valence-electron chi connectivity index (χ0n) is 10.4. The summed E-state index contributed by atoms with van der Waals surface area (Å²) in [5, 5.41) is 13.8. The van der Waals surface area contributed by atoms with Crippen molar-refractivity contribution in [2.45, 2.75) is 11.8 Å². The lowest BCUT2D eigenvalue weighted by molar-refractivity contribution is -0.387. The first kappa shape index (κ1) is 14.4. The molecule has 0 saturated carbocycles. The number of rotatable bonds is 5. The molecule has 0 atom stereocenters. The minimum Gasteiger partial charge on any atom is -0.385 e. The van der Waals surface area contributed by atoms with Crippen molar-refractivity contribution in [2.75, 3.05) is 26.0 Å². The molecule has 0 unspecified atom stereocenters. The van der Waals surface area contributed by atoms with E-state index in [9.17, 15) is 18.5 Å². The Hall–Kier alpha value is -1.67. The summed E-state index contributed by atoms with van der Waals surface area (Å²) in [7, 11) is -1.16. The second-order valence-electron chi connectivity index (χ2n) is 3.76. The van der Waals surface area contributed by atoms with Crippen LogP contribution in [0.2, 0.25) is 0 Å². The van der Waals surface area contributed by atoms with Crippen molar-refractivity contribution in [3.8, 4) is 0 Å². The molecule has 1 N–H and O–H groups in total. The van der Waals surface area contributed by atoms with E-state index >= 15 is 0 Å². The first-order valence-electron chi connectivity index (χ1n) is 5.25. The predicted octanol–water partition coefficient (Wildman–Crippen LogP) is 1.28. The van der Waals surface area contributed by atoms with Crippen molar-refractivity contribution in [2.24, 2.45) is 0 Å². The molecule has 0 aromatic heterocycles. The van der Waals surface area contributed by atoms with Crippen LogP contribution in [0, 0.1) is 10.1 Å². The van der Waals surface area contributed by atoms with Crippen LogP contribution >= 0.6 is 0 Å². The molecule has 0 amide bonds. The minimum absolute atomic E-state index is 0.306. The Morgan fingerprint density at radius 2 is 2.00 bits per heavy atom. The van der Waals surface area contributed by atoms with E-state index in [1.165, 1.54) is 32.3 Å². The van der Waals surface area contributed by atoms with Gasteiger partial charge < -0.3 is 5.32 Å². The maximum atomic E-state index is 11.9. The minimum atomic E-state index is -3.82. The predicted molar refractivity (Wildman–Crippen MR) is 68.1 cm³/mol. The highest BCUT2D eigenvalue weighted by atomic mass is 32.2. The van der Waals surface area contributed by atoms with Crippen LogP contribution in [0.3, 0.4) is 0 Å². The normalized spacial score (nSPS) is 11.6. The lowest BCUT2D eigenvalue weighted by Gasteiger charge is -2.12. The van der Waals surface area contributed by atoms with Gasteiger partial charge in [-0.2, -0.15) is 0 Å². The number of benzene rings is 1. The molecule has 0 fully saturated rings. The summed E-state index contributed by atoms with van der Waals surface area (Å²) >= 11 is 0. The van der Waals surface area contributed by atoms with Gasteiger partial charge in [-0.15, -0.1) is 0 Å². The summed E-state index contributed by atoms with van der Waals surface area (Å²) in [6.45, 7) is 2.44. The van der Waals surface area contributed by atoms with E-state index in [1.54, 1.807) is 0 Å². The Balaban J connectivity index is 3.42. The van der Waals surface area contributed by atoms with E-state index in [0.717, 1.165) is 4.31 Å². The van der Waals surface area contributed by atoms with Gasteiger partial charge in [-0.3, -0.25) is 10.1 Å². The van der Waals surface area contributed by atoms with Crippen molar-refractivity contribution < 1.29 is 13.3 Å². The first-order chi connectivity index (χ1) is 8.30. The first-order valence-corrected chi connectivity index (χ1v) is 6.69. The molecule has 0 heterocycles. The van der Waals surface area contributed by atoms with Crippen molar-refractivity contribution in [3.63, 3.8) is 0 Å². The second-order valence-corrected chi connectivity index (χ2v) is 5.88. The summed E-state index contributed by atoms with van der Waals surface area (Å²) in [4.78, 5) is 9.94. The van der Waals surface area contributed by atoms with Gasteiger partial charge in [0.25, 0.3) is 5.69 Å². The summed E-state index contributed by atoms with van der Waals surface area (Å²) < 4.78 is 24.8. The molecular weight excluding hydrogens is 258 g/mol.